The summed E-state index contributed by atoms with van der Waals surface area (Å²) in [6.45, 7) is 0.510. The van der Waals surface area contributed by atoms with Crippen LogP contribution >= 0.6 is 11.6 Å². The molecule has 148 valence electrons. The number of hydrogen-bond acceptors (Lipinski definition) is 4. The fourth-order valence-corrected chi connectivity index (χ4v) is 4.52. The number of nitrogens with zero attached hydrogens (tertiary/aromatic N) is 4. The Labute approximate surface area is 175 Å². The number of amides is 1. The highest BCUT2D eigenvalue weighted by Crippen LogP contribution is 2.42. The molecule has 6 rings (SSSR count). The van der Waals surface area contributed by atoms with Crippen LogP contribution in [-0.2, 0) is 6.42 Å². The number of rotatable bonds is 2. The molecule has 8 heteroatoms. The number of imidazole rings is 1. The van der Waals surface area contributed by atoms with Gasteiger partial charge < -0.3 is 14.3 Å². The van der Waals surface area contributed by atoms with Crippen LogP contribution in [0.15, 0.2) is 65.6 Å². The minimum absolute atomic E-state index is 0.133. The third-order valence-electron chi connectivity index (χ3n) is 5.65. The number of nitrogens with one attached hydrogen (secondary N) is 1. The zero-order valence-electron chi connectivity index (χ0n) is 15.7. The molecule has 0 aliphatic carbocycles. The van der Waals surface area contributed by atoms with Gasteiger partial charge in [-0.15, -0.1) is 0 Å². The molecule has 0 saturated heterocycles. The predicted molar refractivity (Wildman–Crippen MR) is 112 cm³/mol. The average molecular weight is 418 g/mol. The van der Waals surface area contributed by atoms with Crippen molar-refractivity contribution in [3.8, 4) is 0 Å². The summed E-state index contributed by atoms with van der Waals surface area (Å²) in [5.41, 5.74) is 3.72. The molecule has 1 atom stereocenters. The first-order valence-corrected chi connectivity index (χ1v) is 10.0. The number of pyridine rings is 1. The lowest BCUT2D eigenvalue weighted by Gasteiger charge is -2.33. The smallest absolute Gasteiger partial charge is 0.258 e. The highest BCUT2D eigenvalue weighted by molar-refractivity contribution is 6.36. The first kappa shape index (κ1) is 17.3. The quantitative estimate of drug-likeness (QED) is 0.465. The standard InChI is InChI=1S/C22H16ClN5O2/c23-18-13-5-1-2-7-17(13)30-21(18)20-19-15(24-12-25-19)8-10-27(20)22(29)14-11-26-28-9-4-3-6-16(14)28/h1-7,9,11-12,20H,8,10H2,(H,24,25)/t20-/m1/s1. The summed E-state index contributed by atoms with van der Waals surface area (Å²) in [5.74, 6) is 0.391. The Balaban J connectivity index is 1.52. The second-order valence-corrected chi connectivity index (χ2v) is 7.66. The lowest BCUT2D eigenvalue weighted by atomic mass is 9.99. The zero-order valence-corrected chi connectivity index (χ0v) is 16.5. The molecule has 1 aliphatic heterocycles. The molecule has 1 aromatic carbocycles. The number of H-pyrrole nitrogens is 1. The number of carbonyl (C=O) groups is 1. The average Bonchev–Trinajstić information content (AvgIpc) is 3.50. The number of benzene rings is 1. The van der Waals surface area contributed by atoms with Gasteiger partial charge in [0, 0.05) is 30.2 Å². The van der Waals surface area contributed by atoms with E-state index in [0.29, 0.717) is 34.9 Å². The molecule has 0 fully saturated rings. The van der Waals surface area contributed by atoms with E-state index in [-0.39, 0.29) is 5.91 Å². The Morgan fingerprint density at radius 3 is 2.97 bits per heavy atom. The van der Waals surface area contributed by atoms with Crippen molar-refractivity contribution in [1.29, 1.82) is 0 Å². The summed E-state index contributed by atoms with van der Waals surface area (Å²) in [4.78, 5) is 23.1. The van der Waals surface area contributed by atoms with Crippen molar-refractivity contribution in [3.05, 3.63) is 88.9 Å². The van der Waals surface area contributed by atoms with Crippen LogP contribution in [0.25, 0.3) is 16.5 Å². The Kier molecular flexibility index (Phi) is 3.73. The molecule has 0 saturated carbocycles. The maximum atomic E-state index is 13.7. The molecule has 5 heterocycles. The molecule has 0 bridgehead atoms. The maximum Gasteiger partial charge on any atom is 0.258 e. The monoisotopic (exact) mass is 417 g/mol. The zero-order chi connectivity index (χ0) is 20.2. The van der Waals surface area contributed by atoms with Gasteiger partial charge in [0.05, 0.1) is 34.3 Å². The van der Waals surface area contributed by atoms with Gasteiger partial charge in [0.15, 0.2) is 5.76 Å². The van der Waals surface area contributed by atoms with E-state index >= 15 is 0 Å². The summed E-state index contributed by atoms with van der Waals surface area (Å²) in [5, 5.41) is 5.64. The molecule has 1 aliphatic rings. The second kappa shape index (κ2) is 6.47. The van der Waals surface area contributed by atoms with Gasteiger partial charge in [-0.3, -0.25) is 4.79 Å². The van der Waals surface area contributed by atoms with Crippen LogP contribution in [0.4, 0.5) is 0 Å². The normalized spacial score (nSPS) is 16.3. The molecular formula is C22H16ClN5O2. The number of fused-ring (bicyclic) bond motifs is 3. The van der Waals surface area contributed by atoms with Crippen molar-refractivity contribution in [3.63, 3.8) is 0 Å². The Bertz CT molecular complexity index is 1420. The topological polar surface area (TPSA) is 79.4 Å². The molecular weight excluding hydrogens is 402 g/mol. The Morgan fingerprint density at radius 2 is 2.07 bits per heavy atom. The van der Waals surface area contributed by atoms with Gasteiger partial charge in [0.25, 0.3) is 5.91 Å². The van der Waals surface area contributed by atoms with Gasteiger partial charge in [0.1, 0.15) is 11.6 Å². The van der Waals surface area contributed by atoms with E-state index in [9.17, 15) is 4.79 Å². The van der Waals surface area contributed by atoms with Crippen LogP contribution in [0.2, 0.25) is 5.02 Å². The highest BCUT2D eigenvalue weighted by Gasteiger charge is 2.39. The van der Waals surface area contributed by atoms with Crippen LogP contribution in [0.3, 0.4) is 0 Å². The van der Waals surface area contributed by atoms with Crippen molar-refractivity contribution < 1.29 is 9.21 Å². The summed E-state index contributed by atoms with van der Waals surface area (Å²) in [6.07, 6.45) is 5.75. The maximum absolute atomic E-state index is 13.7. The van der Waals surface area contributed by atoms with E-state index in [4.69, 9.17) is 16.0 Å². The fraction of sp³-hybridized carbons (Fsp3) is 0.136. The van der Waals surface area contributed by atoms with Crippen LogP contribution in [0.1, 0.15) is 33.5 Å². The van der Waals surface area contributed by atoms with Crippen molar-refractivity contribution in [1.82, 2.24) is 24.5 Å². The summed E-state index contributed by atoms with van der Waals surface area (Å²) in [6, 6.07) is 12.7. The molecule has 1 N–H and O–H groups in total. The van der Waals surface area contributed by atoms with Gasteiger partial charge in [-0.1, -0.05) is 29.8 Å². The van der Waals surface area contributed by atoms with Gasteiger partial charge in [0.2, 0.25) is 0 Å². The van der Waals surface area contributed by atoms with E-state index in [2.05, 4.69) is 15.1 Å². The molecule has 1 amide bonds. The fourth-order valence-electron chi connectivity index (χ4n) is 4.22. The van der Waals surface area contributed by atoms with Crippen molar-refractivity contribution in [2.75, 3.05) is 6.54 Å². The summed E-state index contributed by atoms with van der Waals surface area (Å²) >= 11 is 6.73. The van der Waals surface area contributed by atoms with Gasteiger partial charge in [-0.25, -0.2) is 9.50 Å². The minimum Gasteiger partial charge on any atom is -0.457 e. The number of aromatic amines is 1. The Hall–Kier alpha value is -3.58. The number of furan rings is 1. The van der Waals surface area contributed by atoms with Crippen molar-refractivity contribution >= 4 is 34.0 Å². The molecule has 30 heavy (non-hydrogen) atoms. The second-order valence-electron chi connectivity index (χ2n) is 7.28. The number of hydrogen-bond donors (Lipinski definition) is 1. The number of halogens is 1. The molecule has 0 spiro atoms. The lowest BCUT2D eigenvalue weighted by molar-refractivity contribution is 0.0675. The third kappa shape index (κ3) is 2.42. The first-order valence-electron chi connectivity index (χ1n) is 9.65. The first-order chi connectivity index (χ1) is 14.7. The van der Waals surface area contributed by atoms with E-state index < -0.39 is 6.04 Å². The number of aromatic nitrogens is 4. The van der Waals surface area contributed by atoms with E-state index in [1.54, 1.807) is 21.9 Å². The molecule has 4 aromatic heterocycles. The molecule has 7 nitrogen and oxygen atoms in total. The largest absolute Gasteiger partial charge is 0.457 e. The van der Waals surface area contributed by atoms with E-state index in [1.165, 1.54) is 0 Å². The van der Waals surface area contributed by atoms with Crippen LogP contribution in [0, 0.1) is 0 Å². The molecule has 0 unspecified atom stereocenters. The van der Waals surface area contributed by atoms with Gasteiger partial charge in [-0.2, -0.15) is 5.10 Å². The third-order valence-corrected chi connectivity index (χ3v) is 6.04. The summed E-state index contributed by atoms with van der Waals surface area (Å²) in [7, 11) is 0. The number of para-hydroxylation sites is 1. The van der Waals surface area contributed by atoms with Gasteiger partial charge >= 0.3 is 0 Å². The molecule has 5 aromatic rings. The van der Waals surface area contributed by atoms with Crippen LogP contribution in [-0.4, -0.2) is 36.9 Å². The van der Waals surface area contributed by atoms with Crippen LogP contribution in [0.5, 0.6) is 0 Å². The van der Waals surface area contributed by atoms with Crippen molar-refractivity contribution in [2.45, 2.75) is 12.5 Å². The van der Waals surface area contributed by atoms with Crippen molar-refractivity contribution in [2.24, 2.45) is 0 Å². The minimum atomic E-state index is -0.522. The van der Waals surface area contributed by atoms with E-state index in [1.807, 2.05) is 48.7 Å². The Morgan fingerprint density at radius 1 is 1.20 bits per heavy atom. The lowest BCUT2D eigenvalue weighted by Crippen LogP contribution is -2.40. The van der Waals surface area contributed by atoms with Gasteiger partial charge in [-0.05, 0) is 24.3 Å². The SMILES string of the molecule is O=C(c1cnn2ccccc12)N1CCc2[nH]cnc2[C@@H]1c1oc2ccccc2c1Cl. The van der Waals surface area contributed by atoms with Crippen LogP contribution < -0.4 is 0 Å². The number of carbonyl (C=O) groups excluding carboxylic acids is 1. The molecule has 0 radical (unpaired) electrons. The highest BCUT2D eigenvalue weighted by atomic mass is 35.5. The van der Waals surface area contributed by atoms with E-state index in [0.717, 1.165) is 22.3 Å². The summed E-state index contributed by atoms with van der Waals surface area (Å²) < 4.78 is 7.84. The predicted octanol–water partition coefficient (Wildman–Crippen LogP) is 4.24.